The van der Waals surface area contributed by atoms with E-state index in [2.05, 4.69) is 0 Å². The van der Waals surface area contributed by atoms with Crippen LogP contribution < -0.4 is 0 Å². The fourth-order valence-electron chi connectivity index (χ4n) is 0. The third kappa shape index (κ3) is 26.2. The first kappa shape index (κ1) is 57.2. The fraction of sp³-hybridized carbons (Fsp3) is 0. The molecular weight excluding hydrogens is 438 g/mol. The van der Waals surface area contributed by atoms with Crippen LogP contribution in [0.4, 0.5) is 0 Å². The van der Waals surface area contributed by atoms with Gasteiger partial charge in [-0.1, -0.05) is 0 Å². The molecule has 1 radical (unpaired) electrons. The van der Waals surface area contributed by atoms with E-state index in [9.17, 15) is 0 Å². The third-order valence-corrected chi connectivity index (χ3v) is 0. The van der Waals surface area contributed by atoms with Crippen molar-refractivity contribution >= 4 is 93.3 Å². The molecule has 0 heterocycles. The van der Waals surface area contributed by atoms with E-state index >= 15 is 0 Å². The first-order chi connectivity index (χ1) is 0. The van der Waals surface area contributed by atoms with E-state index in [1.807, 2.05) is 0 Å². The predicted octanol–water partition coefficient (Wildman–Crippen LogP) is -4.09. The van der Waals surface area contributed by atoms with E-state index in [0.29, 0.717) is 0 Å². The molecule has 6 heavy (non-hydrogen) atoms. The Morgan fingerprint density at radius 1 is 0.833 bits per heavy atom. The average molecular weight is 450 g/mol. The zero-order chi connectivity index (χ0) is 0. The Kier molecular flexibility index (Phi) is 378. The summed E-state index contributed by atoms with van der Waals surface area (Å²) in [5.74, 6) is 0. The molecule has 0 saturated carbocycles. The summed E-state index contributed by atoms with van der Waals surface area (Å²) in [6, 6.07) is 0. The Morgan fingerprint density at radius 3 is 0.833 bits per heavy atom. The molecule has 0 rings (SSSR count). The number of rotatable bonds is 0. The maximum atomic E-state index is 0. The van der Waals surface area contributed by atoms with Gasteiger partial charge in [0.05, 0.1) is 0 Å². The van der Waals surface area contributed by atoms with Gasteiger partial charge in [0.1, 0.15) is 0 Å². The van der Waals surface area contributed by atoms with E-state index in [4.69, 9.17) is 0 Å². The molecule has 0 atom stereocenters. The Morgan fingerprint density at radius 2 is 0.833 bits per heavy atom. The van der Waals surface area contributed by atoms with Crippen LogP contribution in [0.25, 0.3) is 0 Å². The van der Waals surface area contributed by atoms with Crippen LogP contribution >= 0.6 is 13.5 Å². The van der Waals surface area contributed by atoms with Crippen molar-refractivity contribution in [2.24, 2.45) is 0 Å². The normalized spacial score (nSPS) is 0. The van der Waals surface area contributed by atoms with Crippen molar-refractivity contribution < 1.29 is 17.1 Å². The van der Waals surface area contributed by atoms with E-state index < -0.39 is 0 Å². The summed E-state index contributed by atoms with van der Waals surface area (Å²) in [6.07, 6.45) is 0. The van der Waals surface area contributed by atoms with E-state index in [1.54, 1.807) is 0 Å². The summed E-state index contributed by atoms with van der Waals surface area (Å²) >= 11 is 0. The fourth-order valence-corrected chi connectivity index (χ4v) is 0. The van der Waals surface area contributed by atoms with Crippen LogP contribution in [0, 0.1) is 0 Å². The first-order valence-corrected chi connectivity index (χ1v) is 0. The number of hydrogen-bond acceptors (Lipinski definition) is 0. The van der Waals surface area contributed by atoms with Crippen molar-refractivity contribution in [3.63, 3.8) is 0 Å². The van der Waals surface area contributed by atoms with Gasteiger partial charge in [-0.3, -0.25) is 0 Å². The molecule has 0 fully saturated rings. The summed E-state index contributed by atoms with van der Waals surface area (Å²) in [5, 5.41) is 0. The van der Waals surface area contributed by atoms with Crippen LogP contribution in [0.5, 0.6) is 0 Å². The van der Waals surface area contributed by atoms with Gasteiger partial charge in [-0.05, 0) is 0 Å². The second-order valence-electron chi connectivity index (χ2n) is 0. The Hall–Kier alpha value is 3.41. The Balaban J connectivity index is 0. The predicted molar refractivity (Wildman–Crippen MR) is 47.3 cm³/mol. The summed E-state index contributed by atoms with van der Waals surface area (Å²) in [7, 11) is 0. The van der Waals surface area contributed by atoms with Gasteiger partial charge in [-0.2, -0.15) is 13.5 Å². The van der Waals surface area contributed by atoms with Gasteiger partial charge < -0.3 is 0 Å². The third-order valence-electron chi connectivity index (χ3n) is 0. The van der Waals surface area contributed by atoms with Crippen molar-refractivity contribution in [3.8, 4) is 0 Å². The van der Waals surface area contributed by atoms with Gasteiger partial charge in [0.15, 0.2) is 0 Å². The van der Waals surface area contributed by atoms with Gasteiger partial charge in [-0.25, -0.2) is 0 Å². The molecular formula is H12CuGaInSSe2. The quantitative estimate of drug-likeness (QED) is 0.330. The van der Waals surface area contributed by atoms with Crippen LogP contribution in [0.2, 0.25) is 0 Å². The van der Waals surface area contributed by atoms with Crippen molar-refractivity contribution in [2.75, 3.05) is 0 Å². The first-order valence-electron chi connectivity index (χ1n) is 0. The zero-order valence-corrected chi connectivity index (χ0v) is 7.94. The molecule has 0 aliphatic carbocycles. The Bertz CT molecular complexity index is 13.5. The van der Waals surface area contributed by atoms with Gasteiger partial charge in [0, 0.05) is 17.1 Å². The molecule has 0 unspecified atom stereocenters. The molecule has 0 spiro atoms. The molecule has 0 aliphatic heterocycles. The minimum atomic E-state index is 0. The van der Waals surface area contributed by atoms with Gasteiger partial charge >= 0.3 is 79.8 Å². The molecule has 0 amide bonds. The maximum absolute atomic E-state index is 0. The minimum absolute atomic E-state index is 0. The van der Waals surface area contributed by atoms with Gasteiger partial charge in [0.25, 0.3) is 0 Å². The van der Waals surface area contributed by atoms with Crippen LogP contribution in [-0.4, -0.2) is 79.8 Å². The van der Waals surface area contributed by atoms with E-state index in [1.165, 1.54) is 0 Å². The SMILES string of the molecule is S.[Cu].[GaH3].[InH3].[SeH2].[SeH2]. The average Bonchev–Trinajstić information content (AvgIpc) is 0. The van der Waals surface area contributed by atoms with Crippen LogP contribution in [-0.2, 0) is 17.1 Å². The van der Waals surface area contributed by atoms with Crippen molar-refractivity contribution in [2.45, 2.75) is 0 Å². The molecule has 0 saturated heterocycles. The molecule has 0 N–H and O–H groups in total. The van der Waals surface area contributed by atoms with E-state index in [0.717, 1.165) is 0 Å². The summed E-state index contributed by atoms with van der Waals surface area (Å²) in [6.45, 7) is 0. The second kappa shape index (κ2) is 39.7. The summed E-state index contributed by atoms with van der Waals surface area (Å²) < 4.78 is 0. The van der Waals surface area contributed by atoms with Crippen LogP contribution in [0.15, 0.2) is 0 Å². The topological polar surface area (TPSA) is 0 Å². The Labute approximate surface area is 108 Å². The van der Waals surface area contributed by atoms with Crippen molar-refractivity contribution in [1.82, 2.24) is 0 Å². The molecule has 47 valence electrons. The van der Waals surface area contributed by atoms with Crippen LogP contribution in [0.1, 0.15) is 0 Å². The van der Waals surface area contributed by atoms with Gasteiger partial charge in [-0.15, -0.1) is 0 Å². The molecule has 0 aromatic rings. The summed E-state index contributed by atoms with van der Waals surface area (Å²) in [5.41, 5.74) is 0. The molecule has 0 aromatic heterocycles. The van der Waals surface area contributed by atoms with E-state index in [-0.39, 0.29) is 110 Å². The monoisotopic (exact) mass is 451 g/mol. The second-order valence-corrected chi connectivity index (χ2v) is 0. The molecule has 6 heteroatoms. The van der Waals surface area contributed by atoms with Gasteiger partial charge in [0.2, 0.25) is 0 Å². The van der Waals surface area contributed by atoms with Crippen molar-refractivity contribution in [1.29, 1.82) is 0 Å². The van der Waals surface area contributed by atoms with Crippen molar-refractivity contribution in [3.05, 3.63) is 0 Å². The van der Waals surface area contributed by atoms with Crippen LogP contribution in [0.3, 0.4) is 0 Å². The standard InChI is InChI=1S/Cu.Ga.In.H2S.2H2Se.6H/h;;;3*1H2;;;;;;. The molecule has 0 bridgehead atoms. The zero-order valence-electron chi connectivity index (χ0n) is 1.80. The summed E-state index contributed by atoms with van der Waals surface area (Å²) in [4.78, 5) is 0. The molecule has 0 aromatic carbocycles. The molecule has 0 nitrogen and oxygen atoms in total. The molecule has 0 aliphatic rings. The number of hydrogen-bond donors (Lipinski definition) is 0.